The van der Waals surface area contributed by atoms with Crippen LogP contribution in [-0.4, -0.2) is 46.1 Å². The molecule has 1 aliphatic carbocycles. The molecule has 158 valence electrons. The first-order valence-electron chi connectivity index (χ1n) is 9.95. The van der Waals surface area contributed by atoms with Gasteiger partial charge in [-0.2, -0.15) is 9.90 Å². The zero-order valence-corrected chi connectivity index (χ0v) is 16.9. The summed E-state index contributed by atoms with van der Waals surface area (Å²) in [7, 11) is 0. The van der Waals surface area contributed by atoms with Crippen LogP contribution in [0.1, 0.15) is 48.3 Å². The average Bonchev–Trinajstić information content (AvgIpc) is 3.15. The van der Waals surface area contributed by atoms with Crippen molar-refractivity contribution in [3.05, 3.63) is 53.4 Å². The van der Waals surface area contributed by atoms with Crippen LogP contribution in [0, 0.1) is 6.92 Å². The summed E-state index contributed by atoms with van der Waals surface area (Å²) in [5.74, 6) is -1.50. The molecular weight excluding hydrogens is 386 g/mol. The molecule has 0 saturated carbocycles. The number of aryl methyl sites for hydroxylation is 1. The van der Waals surface area contributed by atoms with Crippen molar-refractivity contribution in [2.45, 2.75) is 39.0 Å². The van der Waals surface area contributed by atoms with Gasteiger partial charge in [0, 0.05) is 6.54 Å². The summed E-state index contributed by atoms with van der Waals surface area (Å²) < 4.78 is 4.96. The number of benzene rings is 1. The van der Waals surface area contributed by atoms with Gasteiger partial charge in [-0.25, -0.2) is 9.59 Å². The predicted molar refractivity (Wildman–Crippen MR) is 109 cm³/mol. The lowest BCUT2D eigenvalue weighted by molar-refractivity contribution is -0.123. The lowest BCUT2D eigenvalue weighted by Gasteiger charge is -2.13. The molecule has 0 radical (unpaired) electrons. The fraction of sp³-hybridized carbons (Fsp3) is 0.381. The SMILES string of the molecule is Cc1nn(-c2ccccc2)nc1C(=O)OCC(=O)NC(=O)NCCC1=CCCCC1. The maximum Gasteiger partial charge on any atom is 0.361 e. The van der Waals surface area contributed by atoms with Crippen molar-refractivity contribution in [2.24, 2.45) is 0 Å². The van der Waals surface area contributed by atoms with Crippen LogP contribution in [0.4, 0.5) is 4.79 Å². The third kappa shape index (κ3) is 6.00. The van der Waals surface area contributed by atoms with E-state index in [2.05, 4.69) is 26.9 Å². The molecule has 0 fully saturated rings. The first-order chi connectivity index (χ1) is 14.5. The molecule has 0 spiro atoms. The molecule has 9 nitrogen and oxygen atoms in total. The molecule has 0 bridgehead atoms. The third-order valence-electron chi connectivity index (χ3n) is 4.67. The van der Waals surface area contributed by atoms with E-state index >= 15 is 0 Å². The highest BCUT2D eigenvalue weighted by atomic mass is 16.5. The molecule has 3 amide bonds. The number of carbonyl (C=O) groups is 3. The molecular formula is C21H25N5O4. The van der Waals surface area contributed by atoms with Gasteiger partial charge in [-0.15, -0.1) is 5.10 Å². The van der Waals surface area contributed by atoms with Crippen molar-refractivity contribution >= 4 is 17.9 Å². The van der Waals surface area contributed by atoms with E-state index in [1.54, 1.807) is 19.1 Å². The minimum absolute atomic E-state index is 0.0110. The van der Waals surface area contributed by atoms with Gasteiger partial charge < -0.3 is 10.1 Å². The second-order valence-electron chi connectivity index (χ2n) is 7.00. The second kappa shape index (κ2) is 10.3. The number of amides is 3. The van der Waals surface area contributed by atoms with Crippen molar-refractivity contribution in [1.82, 2.24) is 25.6 Å². The molecule has 0 unspecified atom stereocenters. The van der Waals surface area contributed by atoms with Crippen LogP contribution in [0.3, 0.4) is 0 Å². The van der Waals surface area contributed by atoms with Crippen LogP contribution in [0.15, 0.2) is 42.0 Å². The lowest BCUT2D eigenvalue weighted by atomic mass is 9.97. The van der Waals surface area contributed by atoms with Gasteiger partial charge in [-0.05, 0) is 51.2 Å². The van der Waals surface area contributed by atoms with Crippen LogP contribution in [0.5, 0.6) is 0 Å². The van der Waals surface area contributed by atoms with Crippen molar-refractivity contribution in [3.63, 3.8) is 0 Å². The molecule has 1 aromatic carbocycles. The fourth-order valence-corrected chi connectivity index (χ4v) is 3.12. The minimum atomic E-state index is -0.783. The molecule has 1 aromatic heterocycles. The summed E-state index contributed by atoms with van der Waals surface area (Å²) in [4.78, 5) is 37.2. The van der Waals surface area contributed by atoms with E-state index in [4.69, 9.17) is 4.74 Å². The summed E-state index contributed by atoms with van der Waals surface area (Å²) in [6.07, 6.45) is 7.53. The number of para-hydroxylation sites is 1. The lowest BCUT2D eigenvalue weighted by Crippen LogP contribution is -2.41. The molecule has 1 heterocycles. The highest BCUT2D eigenvalue weighted by molar-refractivity contribution is 5.96. The first-order valence-corrected chi connectivity index (χ1v) is 9.95. The molecule has 2 N–H and O–H groups in total. The molecule has 2 aromatic rings. The van der Waals surface area contributed by atoms with Crippen LogP contribution < -0.4 is 10.6 Å². The molecule has 0 atom stereocenters. The molecule has 0 saturated heterocycles. The largest absolute Gasteiger partial charge is 0.451 e. The van der Waals surface area contributed by atoms with Gasteiger partial charge in [0.05, 0.1) is 11.4 Å². The third-order valence-corrected chi connectivity index (χ3v) is 4.67. The number of nitrogens with zero attached hydrogens (tertiary/aromatic N) is 3. The Morgan fingerprint density at radius 3 is 2.67 bits per heavy atom. The Hall–Kier alpha value is -3.49. The van der Waals surface area contributed by atoms with Crippen molar-refractivity contribution in [1.29, 1.82) is 0 Å². The zero-order valence-electron chi connectivity index (χ0n) is 16.9. The fourth-order valence-electron chi connectivity index (χ4n) is 3.12. The van der Waals surface area contributed by atoms with E-state index in [1.807, 2.05) is 18.2 Å². The average molecular weight is 411 g/mol. The quantitative estimate of drug-likeness (QED) is 0.534. The number of imide groups is 1. The van der Waals surface area contributed by atoms with Gasteiger partial charge in [0.15, 0.2) is 12.3 Å². The van der Waals surface area contributed by atoms with E-state index in [1.165, 1.54) is 23.2 Å². The number of allylic oxidation sites excluding steroid dienone is 1. The first kappa shape index (κ1) is 21.2. The number of urea groups is 1. The molecule has 9 heteroatoms. The highest BCUT2D eigenvalue weighted by Gasteiger charge is 2.19. The molecule has 0 aliphatic heterocycles. The number of hydrogen-bond donors (Lipinski definition) is 2. The zero-order chi connectivity index (χ0) is 21.3. The van der Waals surface area contributed by atoms with Crippen LogP contribution in [0.2, 0.25) is 0 Å². The molecule has 3 rings (SSSR count). The van der Waals surface area contributed by atoms with Gasteiger partial charge >= 0.3 is 12.0 Å². The number of aromatic nitrogens is 3. The minimum Gasteiger partial charge on any atom is -0.451 e. The Morgan fingerprint density at radius 2 is 1.93 bits per heavy atom. The van der Waals surface area contributed by atoms with Crippen LogP contribution in [-0.2, 0) is 9.53 Å². The summed E-state index contributed by atoms with van der Waals surface area (Å²) in [6.45, 7) is 1.49. The Morgan fingerprint density at radius 1 is 1.13 bits per heavy atom. The topological polar surface area (TPSA) is 115 Å². The standard InChI is InChI=1S/C21H25N5O4/c1-15-19(25-26(24-15)17-10-6-3-7-11-17)20(28)30-14-18(27)23-21(29)22-13-12-16-8-4-2-5-9-16/h3,6-8,10-11H,2,4-5,9,12-14H2,1H3,(H2,22,23,27,29). The smallest absolute Gasteiger partial charge is 0.361 e. The summed E-state index contributed by atoms with van der Waals surface area (Å²) in [5.41, 5.74) is 2.41. The van der Waals surface area contributed by atoms with Crippen LogP contribution in [0.25, 0.3) is 5.69 Å². The Kier molecular flexibility index (Phi) is 7.31. The van der Waals surface area contributed by atoms with E-state index in [0.717, 1.165) is 19.3 Å². The van der Waals surface area contributed by atoms with E-state index in [-0.39, 0.29) is 5.69 Å². The van der Waals surface area contributed by atoms with E-state index < -0.39 is 24.5 Å². The summed E-state index contributed by atoms with van der Waals surface area (Å²) >= 11 is 0. The van der Waals surface area contributed by atoms with E-state index in [0.29, 0.717) is 17.9 Å². The predicted octanol–water partition coefficient (Wildman–Crippen LogP) is 2.45. The van der Waals surface area contributed by atoms with Gasteiger partial charge in [0.1, 0.15) is 0 Å². The Labute approximate surface area is 174 Å². The number of nitrogens with one attached hydrogen (secondary N) is 2. The van der Waals surface area contributed by atoms with Crippen molar-refractivity contribution in [3.8, 4) is 5.69 Å². The molecule has 1 aliphatic rings. The van der Waals surface area contributed by atoms with E-state index in [9.17, 15) is 14.4 Å². The summed E-state index contributed by atoms with van der Waals surface area (Å²) in [6, 6.07) is 8.49. The van der Waals surface area contributed by atoms with Gasteiger partial charge in [-0.1, -0.05) is 29.8 Å². The number of esters is 1. The Bertz CT molecular complexity index is 936. The van der Waals surface area contributed by atoms with Gasteiger partial charge in [0.25, 0.3) is 5.91 Å². The van der Waals surface area contributed by atoms with Crippen molar-refractivity contribution < 1.29 is 19.1 Å². The Balaban J connectivity index is 1.42. The van der Waals surface area contributed by atoms with Crippen LogP contribution >= 0.6 is 0 Å². The maximum absolute atomic E-state index is 12.2. The van der Waals surface area contributed by atoms with Crippen molar-refractivity contribution in [2.75, 3.05) is 13.2 Å². The second-order valence-corrected chi connectivity index (χ2v) is 7.00. The number of rotatable bonds is 7. The normalized spacial score (nSPS) is 13.3. The number of hydrogen-bond acceptors (Lipinski definition) is 6. The summed E-state index contributed by atoms with van der Waals surface area (Å²) in [5, 5.41) is 13.1. The maximum atomic E-state index is 12.2. The highest BCUT2D eigenvalue weighted by Crippen LogP contribution is 2.19. The monoisotopic (exact) mass is 411 g/mol. The molecule has 30 heavy (non-hydrogen) atoms. The van der Waals surface area contributed by atoms with Gasteiger partial charge in [-0.3, -0.25) is 10.1 Å². The van der Waals surface area contributed by atoms with Gasteiger partial charge in [0.2, 0.25) is 0 Å². The number of ether oxygens (including phenoxy) is 1. The number of carbonyl (C=O) groups excluding carboxylic acids is 3.